The van der Waals surface area contributed by atoms with E-state index in [-0.39, 0.29) is 0 Å². The molecule has 0 aliphatic rings. The average Bonchev–Trinajstić information content (AvgIpc) is 2.34. The van der Waals surface area contributed by atoms with Gasteiger partial charge in [-0.3, -0.25) is 0 Å². The van der Waals surface area contributed by atoms with E-state index in [1.807, 2.05) is 43.3 Å². The number of nitrogens with two attached hydrogens (primary N) is 1. The van der Waals surface area contributed by atoms with E-state index in [0.717, 1.165) is 32.8 Å². The van der Waals surface area contributed by atoms with Crippen LogP contribution < -0.4 is 15.8 Å². The van der Waals surface area contributed by atoms with Gasteiger partial charge in [-0.25, -0.2) is 0 Å². The van der Waals surface area contributed by atoms with Crippen LogP contribution in [0.2, 0.25) is 0 Å². The van der Waals surface area contributed by atoms with Crippen LogP contribution in [0.1, 0.15) is 5.56 Å². The van der Waals surface area contributed by atoms with Crippen LogP contribution in [-0.4, -0.2) is 7.11 Å². The highest BCUT2D eigenvalue weighted by Gasteiger charge is 2.04. The topological polar surface area (TPSA) is 47.3 Å². The molecular formula is C14H15BrN2O. The predicted octanol–water partition coefficient (Wildman–Crippen LogP) is 4.09. The highest BCUT2D eigenvalue weighted by molar-refractivity contribution is 9.10. The monoisotopic (exact) mass is 306 g/mol. The number of anilines is 3. The molecule has 2 rings (SSSR count). The third-order valence-electron chi connectivity index (χ3n) is 2.72. The van der Waals surface area contributed by atoms with Crippen molar-refractivity contribution in [3.63, 3.8) is 0 Å². The molecule has 0 unspecified atom stereocenters. The highest BCUT2D eigenvalue weighted by atomic mass is 79.9. The normalized spacial score (nSPS) is 10.2. The Hall–Kier alpha value is -1.68. The minimum absolute atomic E-state index is 0.772. The fourth-order valence-electron chi connectivity index (χ4n) is 1.65. The molecule has 0 aliphatic heterocycles. The van der Waals surface area contributed by atoms with Gasteiger partial charge in [-0.05, 0) is 42.8 Å². The van der Waals surface area contributed by atoms with E-state index in [0.29, 0.717) is 0 Å². The second-order valence-electron chi connectivity index (χ2n) is 4.04. The van der Waals surface area contributed by atoms with Crippen molar-refractivity contribution in [2.75, 3.05) is 18.2 Å². The van der Waals surface area contributed by atoms with Crippen LogP contribution in [0, 0.1) is 6.92 Å². The third-order valence-corrected chi connectivity index (χ3v) is 3.21. The van der Waals surface area contributed by atoms with Gasteiger partial charge in [0.05, 0.1) is 12.8 Å². The van der Waals surface area contributed by atoms with Crippen molar-refractivity contribution in [1.82, 2.24) is 0 Å². The first-order chi connectivity index (χ1) is 8.60. The first-order valence-electron chi connectivity index (χ1n) is 5.57. The zero-order valence-corrected chi connectivity index (χ0v) is 11.9. The number of rotatable bonds is 3. The number of halogens is 1. The van der Waals surface area contributed by atoms with Gasteiger partial charge in [0, 0.05) is 15.8 Å². The van der Waals surface area contributed by atoms with Crippen LogP contribution in [0.25, 0.3) is 0 Å². The van der Waals surface area contributed by atoms with Crippen molar-refractivity contribution < 1.29 is 4.74 Å². The van der Waals surface area contributed by atoms with Crippen LogP contribution >= 0.6 is 15.9 Å². The summed E-state index contributed by atoms with van der Waals surface area (Å²) in [6, 6.07) is 11.7. The Morgan fingerprint density at radius 2 is 1.94 bits per heavy atom. The first kappa shape index (κ1) is 12.8. The summed E-state index contributed by atoms with van der Waals surface area (Å²) in [5.41, 5.74) is 9.58. The predicted molar refractivity (Wildman–Crippen MR) is 79.6 cm³/mol. The maximum Gasteiger partial charge on any atom is 0.142 e. The largest absolute Gasteiger partial charge is 0.495 e. The van der Waals surface area contributed by atoms with E-state index < -0.39 is 0 Å². The molecule has 0 saturated heterocycles. The molecule has 4 heteroatoms. The fourth-order valence-corrected chi connectivity index (χ4v) is 2.01. The Kier molecular flexibility index (Phi) is 3.77. The van der Waals surface area contributed by atoms with Crippen LogP contribution in [0.3, 0.4) is 0 Å². The Bertz CT molecular complexity index is 570. The van der Waals surface area contributed by atoms with Gasteiger partial charge in [-0.2, -0.15) is 0 Å². The fraction of sp³-hybridized carbons (Fsp3) is 0.143. The summed E-state index contributed by atoms with van der Waals surface area (Å²) in [4.78, 5) is 0. The number of ether oxygens (including phenoxy) is 1. The van der Waals surface area contributed by atoms with Gasteiger partial charge in [-0.1, -0.05) is 22.0 Å². The number of aryl methyl sites for hydroxylation is 1. The Labute approximate surface area is 115 Å². The number of hydrogen-bond acceptors (Lipinski definition) is 3. The first-order valence-corrected chi connectivity index (χ1v) is 6.36. The Morgan fingerprint density at radius 1 is 1.17 bits per heavy atom. The van der Waals surface area contributed by atoms with Crippen molar-refractivity contribution in [1.29, 1.82) is 0 Å². The van der Waals surface area contributed by atoms with E-state index in [4.69, 9.17) is 10.5 Å². The van der Waals surface area contributed by atoms with Gasteiger partial charge in [0.2, 0.25) is 0 Å². The summed E-state index contributed by atoms with van der Waals surface area (Å²) in [7, 11) is 1.65. The third kappa shape index (κ3) is 2.76. The molecule has 0 heterocycles. The number of nitrogens with one attached hydrogen (secondary N) is 1. The molecule has 0 amide bonds. The van der Waals surface area contributed by atoms with E-state index in [1.165, 1.54) is 0 Å². The molecule has 3 N–H and O–H groups in total. The lowest BCUT2D eigenvalue weighted by atomic mass is 10.2. The maximum absolute atomic E-state index is 5.89. The van der Waals surface area contributed by atoms with Gasteiger partial charge in [0.25, 0.3) is 0 Å². The molecule has 18 heavy (non-hydrogen) atoms. The lowest BCUT2D eigenvalue weighted by molar-refractivity contribution is 0.417. The summed E-state index contributed by atoms with van der Waals surface area (Å²) in [6.07, 6.45) is 0. The molecular weight excluding hydrogens is 292 g/mol. The van der Waals surface area contributed by atoms with Crippen molar-refractivity contribution in [3.05, 3.63) is 46.4 Å². The van der Waals surface area contributed by atoms with Crippen LogP contribution in [-0.2, 0) is 0 Å². The van der Waals surface area contributed by atoms with Gasteiger partial charge >= 0.3 is 0 Å². The van der Waals surface area contributed by atoms with E-state index >= 15 is 0 Å². The lowest BCUT2D eigenvalue weighted by Gasteiger charge is -2.12. The van der Waals surface area contributed by atoms with Gasteiger partial charge in [-0.15, -0.1) is 0 Å². The molecule has 0 atom stereocenters. The summed E-state index contributed by atoms with van der Waals surface area (Å²) in [5, 5.41) is 3.30. The second-order valence-corrected chi connectivity index (χ2v) is 4.96. The summed E-state index contributed by atoms with van der Waals surface area (Å²) >= 11 is 3.44. The molecule has 2 aromatic carbocycles. The van der Waals surface area contributed by atoms with Crippen molar-refractivity contribution in [2.45, 2.75) is 6.92 Å². The smallest absolute Gasteiger partial charge is 0.142 e. The van der Waals surface area contributed by atoms with Gasteiger partial charge in [0.1, 0.15) is 5.75 Å². The van der Waals surface area contributed by atoms with Gasteiger partial charge in [0.15, 0.2) is 0 Å². The quantitative estimate of drug-likeness (QED) is 0.840. The molecule has 0 fully saturated rings. The summed E-state index contributed by atoms with van der Waals surface area (Å²) in [5.74, 6) is 0.789. The molecule has 3 nitrogen and oxygen atoms in total. The molecule has 0 spiro atoms. The minimum Gasteiger partial charge on any atom is -0.495 e. The molecule has 0 aromatic heterocycles. The zero-order chi connectivity index (χ0) is 13.1. The molecule has 2 aromatic rings. The number of methoxy groups -OCH3 is 1. The van der Waals surface area contributed by atoms with Crippen LogP contribution in [0.15, 0.2) is 40.9 Å². The summed E-state index contributed by atoms with van der Waals surface area (Å²) < 4.78 is 6.30. The number of nitrogen functional groups attached to an aromatic ring is 1. The number of benzene rings is 2. The van der Waals surface area contributed by atoms with Crippen molar-refractivity contribution in [2.24, 2.45) is 0 Å². The molecule has 0 aliphatic carbocycles. The van der Waals surface area contributed by atoms with E-state index in [2.05, 4.69) is 21.2 Å². The molecule has 0 radical (unpaired) electrons. The van der Waals surface area contributed by atoms with Crippen molar-refractivity contribution in [3.8, 4) is 5.75 Å². The van der Waals surface area contributed by atoms with E-state index in [9.17, 15) is 0 Å². The average molecular weight is 307 g/mol. The summed E-state index contributed by atoms with van der Waals surface area (Å²) in [6.45, 7) is 1.98. The van der Waals surface area contributed by atoms with Crippen LogP contribution in [0.5, 0.6) is 5.75 Å². The highest BCUT2D eigenvalue weighted by Crippen LogP contribution is 2.31. The SMILES string of the molecule is COc1ccc(Br)cc1Nc1ccc(C)c(N)c1. The maximum atomic E-state index is 5.89. The second kappa shape index (κ2) is 5.31. The standard InChI is InChI=1S/C14H15BrN2O/c1-9-3-5-11(8-12(9)16)17-13-7-10(15)4-6-14(13)18-2/h3-8,17H,16H2,1-2H3. The lowest BCUT2D eigenvalue weighted by Crippen LogP contribution is -1.96. The van der Waals surface area contributed by atoms with Crippen LogP contribution in [0.4, 0.5) is 17.1 Å². The minimum atomic E-state index is 0.772. The van der Waals surface area contributed by atoms with E-state index in [1.54, 1.807) is 7.11 Å². The molecule has 0 saturated carbocycles. The molecule has 94 valence electrons. The number of hydrogen-bond donors (Lipinski definition) is 2. The Balaban J connectivity index is 2.33. The zero-order valence-electron chi connectivity index (χ0n) is 10.3. The Morgan fingerprint density at radius 3 is 2.61 bits per heavy atom. The van der Waals surface area contributed by atoms with Gasteiger partial charge < -0.3 is 15.8 Å². The molecule has 0 bridgehead atoms. The van der Waals surface area contributed by atoms with Crippen molar-refractivity contribution >= 4 is 33.0 Å².